The number of hydrogen-bond acceptors (Lipinski definition) is 6. The number of nitrogens with one attached hydrogen (secondary N) is 1. The van der Waals surface area contributed by atoms with E-state index in [0.717, 1.165) is 33.9 Å². The van der Waals surface area contributed by atoms with Crippen molar-refractivity contribution in [3.8, 4) is 17.2 Å². The molecule has 0 saturated carbocycles. The van der Waals surface area contributed by atoms with Crippen LogP contribution in [0.15, 0.2) is 54.7 Å². The Balaban J connectivity index is 0.000000271. The molecule has 3 aromatic rings. The fourth-order valence-electron chi connectivity index (χ4n) is 5.19. The van der Waals surface area contributed by atoms with Crippen molar-refractivity contribution in [3.05, 3.63) is 86.5 Å². The van der Waals surface area contributed by atoms with E-state index in [1.54, 1.807) is 0 Å². The molecule has 2 atom stereocenters. The first kappa shape index (κ1) is 30.0. The van der Waals surface area contributed by atoms with Gasteiger partial charge in [-0.05, 0) is 49.7 Å². The number of fused-ring (bicyclic) bond motifs is 2. The van der Waals surface area contributed by atoms with Crippen LogP contribution in [0.2, 0.25) is 15.1 Å². The van der Waals surface area contributed by atoms with Crippen molar-refractivity contribution in [3.63, 3.8) is 0 Å². The third-order valence-electron chi connectivity index (χ3n) is 7.56. The van der Waals surface area contributed by atoms with Gasteiger partial charge < -0.3 is 25.1 Å². The van der Waals surface area contributed by atoms with Gasteiger partial charge in [-0.15, -0.1) is 0 Å². The molecule has 0 aliphatic carbocycles. The van der Waals surface area contributed by atoms with Crippen LogP contribution < -0.4 is 29.7 Å². The van der Waals surface area contributed by atoms with Gasteiger partial charge >= 0.3 is 5.97 Å². The molecule has 3 heterocycles. The van der Waals surface area contributed by atoms with Crippen LogP contribution in [0.1, 0.15) is 29.5 Å². The number of hydrogen-bond donors (Lipinski definition) is 3. The predicted molar refractivity (Wildman–Crippen MR) is 162 cm³/mol. The van der Waals surface area contributed by atoms with Crippen LogP contribution in [0.25, 0.3) is 6.08 Å². The highest BCUT2D eigenvalue weighted by Crippen LogP contribution is 2.42. The summed E-state index contributed by atoms with van der Waals surface area (Å²) in [5.41, 5.74) is 7.49. The molecule has 0 radical (unpaired) electrons. The SMILES string of the molecule is C[N+]1(Cc2cc3c(cc2Cl)OCO3)C=Cc2cc(OCc3c(Cl)cccc3Cl)ccc21.NC(=O)[C@]1(C(=O)O)CCCN1. The van der Waals surface area contributed by atoms with Crippen LogP contribution in [0.4, 0.5) is 5.69 Å². The number of rotatable bonds is 7. The normalized spacial score (nSPS) is 21.4. The lowest BCUT2D eigenvalue weighted by Gasteiger charge is -2.28. The van der Waals surface area contributed by atoms with Crippen LogP contribution >= 0.6 is 34.8 Å². The highest BCUT2D eigenvalue weighted by molar-refractivity contribution is 6.36. The Kier molecular flexibility index (Phi) is 8.59. The highest BCUT2D eigenvalue weighted by Gasteiger charge is 2.46. The molecule has 9 nitrogen and oxygen atoms in total. The van der Waals surface area contributed by atoms with Gasteiger partial charge in [0.15, 0.2) is 17.0 Å². The molecule has 1 amide bonds. The van der Waals surface area contributed by atoms with E-state index in [-0.39, 0.29) is 13.2 Å². The molecule has 4 N–H and O–H groups in total. The van der Waals surface area contributed by atoms with Gasteiger partial charge in [-0.25, -0.2) is 4.79 Å². The fraction of sp³-hybridized carbons (Fsp3) is 0.267. The standard InChI is InChI=1S/C24H19Cl3NO3.C6H10N2O3/c1-28(12-16-10-23-24(11-21(16)27)31-14-30-23)8-7-15-9-17(5-6-22(15)28)29-13-18-19(25)3-2-4-20(18)26;7-4(9)6(5(10)11)2-1-3-8-6/h2-11H,12-14H2,1H3;8H,1-3H2,(H2,7,9)(H,10,11)/q+1;/t;6-/m.0/s1. The summed E-state index contributed by atoms with van der Waals surface area (Å²) in [7, 11) is 2.15. The molecule has 1 fully saturated rings. The number of halogens is 3. The average molecular weight is 634 g/mol. The van der Waals surface area contributed by atoms with Gasteiger partial charge in [-0.3, -0.25) is 14.6 Å². The zero-order valence-corrected chi connectivity index (χ0v) is 24.9. The van der Waals surface area contributed by atoms with E-state index in [4.69, 9.17) is 59.9 Å². The summed E-state index contributed by atoms with van der Waals surface area (Å²) in [5, 5.41) is 13.1. The molecule has 220 valence electrons. The van der Waals surface area contributed by atoms with E-state index in [0.29, 0.717) is 51.4 Å². The molecular formula is C30H29Cl3N3O6+. The van der Waals surface area contributed by atoms with Gasteiger partial charge in [0.25, 0.3) is 0 Å². The predicted octanol–water partition coefficient (Wildman–Crippen LogP) is 5.75. The van der Waals surface area contributed by atoms with Crippen molar-refractivity contribution in [2.24, 2.45) is 5.73 Å². The summed E-state index contributed by atoms with van der Waals surface area (Å²) in [5.74, 6) is 0.199. The van der Waals surface area contributed by atoms with Gasteiger partial charge in [0.2, 0.25) is 12.7 Å². The second-order valence-corrected chi connectivity index (χ2v) is 11.6. The summed E-state index contributed by atoms with van der Waals surface area (Å²) >= 11 is 19.0. The molecule has 0 bridgehead atoms. The van der Waals surface area contributed by atoms with Crippen molar-refractivity contribution in [2.45, 2.75) is 31.5 Å². The van der Waals surface area contributed by atoms with Crippen molar-refractivity contribution >= 4 is 58.4 Å². The summed E-state index contributed by atoms with van der Waals surface area (Å²) in [6.45, 7) is 1.76. The Hall–Kier alpha value is -3.47. The summed E-state index contributed by atoms with van der Waals surface area (Å²) in [4.78, 5) is 21.3. The van der Waals surface area contributed by atoms with Crippen LogP contribution in [0.5, 0.6) is 17.2 Å². The van der Waals surface area contributed by atoms with Crippen LogP contribution in [0.3, 0.4) is 0 Å². The van der Waals surface area contributed by atoms with E-state index in [1.165, 1.54) is 0 Å². The number of nitrogens with zero attached hydrogens (tertiary/aromatic N) is 1. The lowest BCUT2D eigenvalue weighted by Crippen LogP contribution is -2.57. The van der Waals surface area contributed by atoms with Crippen molar-refractivity contribution in [2.75, 3.05) is 20.4 Å². The zero-order valence-electron chi connectivity index (χ0n) is 22.7. The summed E-state index contributed by atoms with van der Waals surface area (Å²) < 4.78 is 17.5. The Morgan fingerprint density at radius 1 is 1.07 bits per heavy atom. The second-order valence-electron chi connectivity index (χ2n) is 10.4. The third-order valence-corrected chi connectivity index (χ3v) is 8.62. The topological polar surface area (TPSA) is 120 Å². The highest BCUT2D eigenvalue weighted by atomic mass is 35.5. The first-order chi connectivity index (χ1) is 20.0. The average Bonchev–Trinajstić information content (AvgIpc) is 3.69. The smallest absolute Gasteiger partial charge is 0.333 e. The number of aliphatic carboxylic acids is 1. The van der Waals surface area contributed by atoms with Crippen molar-refractivity contribution < 1.29 is 28.9 Å². The number of ether oxygens (including phenoxy) is 3. The molecule has 3 aliphatic heterocycles. The van der Waals surface area contributed by atoms with Crippen LogP contribution in [-0.4, -0.2) is 42.9 Å². The van der Waals surface area contributed by atoms with Gasteiger partial charge in [0.1, 0.15) is 30.8 Å². The molecule has 3 aromatic carbocycles. The molecule has 1 saturated heterocycles. The van der Waals surface area contributed by atoms with Gasteiger partial charge in [0.05, 0.1) is 12.1 Å². The summed E-state index contributed by atoms with van der Waals surface area (Å²) in [6, 6.07) is 15.3. The number of primary amides is 1. The molecule has 12 heteroatoms. The zero-order chi connectivity index (χ0) is 30.1. The van der Waals surface area contributed by atoms with E-state index in [1.807, 2.05) is 42.5 Å². The molecular weight excluding hydrogens is 605 g/mol. The van der Waals surface area contributed by atoms with Crippen LogP contribution in [-0.2, 0) is 22.7 Å². The number of carboxylic acids is 1. The number of nitrogens with two attached hydrogens (primary N) is 1. The Morgan fingerprint density at radius 3 is 2.40 bits per heavy atom. The number of carboxylic acid groups (broad SMARTS) is 1. The van der Waals surface area contributed by atoms with Crippen molar-refractivity contribution in [1.82, 2.24) is 9.80 Å². The number of benzene rings is 3. The quantitative estimate of drug-likeness (QED) is 0.224. The maximum atomic E-state index is 10.7. The van der Waals surface area contributed by atoms with E-state index in [9.17, 15) is 9.59 Å². The molecule has 0 aromatic heterocycles. The minimum atomic E-state index is -1.50. The van der Waals surface area contributed by atoms with Crippen molar-refractivity contribution in [1.29, 1.82) is 0 Å². The molecule has 0 spiro atoms. The van der Waals surface area contributed by atoms with Crippen LogP contribution in [0, 0.1) is 0 Å². The number of amides is 1. The summed E-state index contributed by atoms with van der Waals surface area (Å²) in [6.07, 6.45) is 5.22. The lowest BCUT2D eigenvalue weighted by atomic mass is 9.97. The largest absolute Gasteiger partial charge is 0.489 e. The monoisotopic (exact) mass is 632 g/mol. The van der Waals surface area contributed by atoms with Gasteiger partial charge in [-0.1, -0.05) is 40.9 Å². The van der Waals surface area contributed by atoms with E-state index >= 15 is 0 Å². The molecule has 3 aliphatic rings. The van der Waals surface area contributed by atoms with Gasteiger partial charge in [0, 0.05) is 44.9 Å². The lowest BCUT2D eigenvalue weighted by molar-refractivity contribution is -0.149. The first-order valence-corrected chi connectivity index (χ1v) is 14.3. The Labute approximate surface area is 257 Å². The first-order valence-electron chi connectivity index (χ1n) is 13.1. The number of carbonyl (C=O) groups excluding carboxylic acids is 1. The number of carbonyl (C=O) groups is 2. The maximum absolute atomic E-state index is 10.7. The second kappa shape index (κ2) is 12.0. The Morgan fingerprint density at radius 2 is 1.79 bits per heavy atom. The van der Waals surface area contributed by atoms with Gasteiger partial charge in [-0.2, -0.15) is 0 Å². The van der Waals surface area contributed by atoms with E-state index < -0.39 is 17.4 Å². The maximum Gasteiger partial charge on any atom is 0.333 e. The molecule has 6 rings (SSSR count). The molecule has 42 heavy (non-hydrogen) atoms. The number of quaternary nitrogens is 1. The minimum absolute atomic E-state index is 0.228. The third kappa shape index (κ3) is 5.88. The molecule has 1 unspecified atom stereocenters. The van der Waals surface area contributed by atoms with E-state index in [2.05, 4.69) is 30.7 Å². The minimum Gasteiger partial charge on any atom is -0.489 e. The Bertz CT molecular complexity index is 1540. The fourth-order valence-corrected chi connectivity index (χ4v) is 5.91.